The number of thioether (sulfide) groups is 2. The molecule has 1 rings (SSSR count). The van der Waals surface area contributed by atoms with Gasteiger partial charge < -0.3 is 0 Å². The second kappa shape index (κ2) is 6.42. The van der Waals surface area contributed by atoms with Gasteiger partial charge in [-0.25, -0.2) is 0 Å². The maximum absolute atomic E-state index is 4.27. The van der Waals surface area contributed by atoms with E-state index in [4.69, 9.17) is 0 Å². The molecule has 0 aromatic carbocycles. The minimum atomic E-state index is 0. The van der Waals surface area contributed by atoms with Gasteiger partial charge in [0.1, 0.15) is 4.38 Å². The van der Waals surface area contributed by atoms with Crippen molar-refractivity contribution in [3.05, 3.63) is 12.7 Å². The first kappa shape index (κ1) is 10.7. The van der Waals surface area contributed by atoms with Crippen LogP contribution in [0.3, 0.4) is 0 Å². The Morgan fingerprint density at radius 3 is 3.10 bits per heavy atom. The van der Waals surface area contributed by atoms with Crippen LogP contribution in [0.5, 0.6) is 0 Å². The summed E-state index contributed by atoms with van der Waals surface area (Å²) in [5.74, 6) is 2.16. The van der Waals surface area contributed by atoms with Gasteiger partial charge in [0.05, 0.1) is 6.54 Å². The van der Waals surface area contributed by atoms with Crippen LogP contribution in [0.1, 0.15) is 0 Å². The topological polar surface area (TPSA) is 12.4 Å². The molecule has 0 aliphatic carbocycles. The van der Waals surface area contributed by atoms with E-state index in [9.17, 15) is 0 Å². The van der Waals surface area contributed by atoms with Gasteiger partial charge in [-0.1, -0.05) is 29.6 Å². The first-order chi connectivity index (χ1) is 4.43. The number of hydrogen-bond donors (Lipinski definition) is 0. The summed E-state index contributed by atoms with van der Waals surface area (Å²) in [5, 5.41) is 0. The molecule has 0 unspecified atom stereocenters. The van der Waals surface area contributed by atoms with E-state index in [1.54, 1.807) is 11.8 Å². The van der Waals surface area contributed by atoms with E-state index in [0.29, 0.717) is 0 Å². The summed E-state index contributed by atoms with van der Waals surface area (Å²) >= 11 is 3.63. The van der Waals surface area contributed by atoms with Crippen LogP contribution >= 0.6 is 23.5 Å². The van der Waals surface area contributed by atoms with E-state index >= 15 is 0 Å². The summed E-state index contributed by atoms with van der Waals surface area (Å²) in [6.45, 7) is 4.64. The first-order valence-corrected chi connectivity index (χ1v) is 4.81. The number of rotatable bonds is 2. The average Bonchev–Trinajstić information content (AvgIpc) is 2.34. The Bertz CT molecular complexity index is 136. The third-order valence-corrected chi connectivity index (χ3v) is 3.13. The molecular weight excluding hydrogens is 157 g/mol. The fourth-order valence-corrected chi connectivity index (χ4v) is 2.30. The van der Waals surface area contributed by atoms with Crippen molar-refractivity contribution < 1.29 is 0 Å². The van der Waals surface area contributed by atoms with Crippen LogP contribution in [0.2, 0.25) is 0 Å². The summed E-state index contributed by atoms with van der Waals surface area (Å²) in [7, 11) is 0. The van der Waals surface area contributed by atoms with Crippen LogP contribution in [0.4, 0.5) is 0 Å². The maximum atomic E-state index is 4.27. The Labute approximate surface area is 82.3 Å². The molecule has 0 amide bonds. The molecule has 4 heteroatoms. The van der Waals surface area contributed by atoms with Gasteiger partial charge in [-0.3, -0.25) is 4.99 Å². The van der Waals surface area contributed by atoms with Crippen molar-refractivity contribution in [2.45, 2.75) is 0 Å². The molecule has 0 spiro atoms. The zero-order valence-electron chi connectivity index (χ0n) is 5.17. The summed E-state index contributed by atoms with van der Waals surface area (Å²) in [4.78, 5) is 4.27. The molecule has 1 aliphatic rings. The summed E-state index contributed by atoms with van der Waals surface area (Å²) in [6.07, 6.45) is 1.91. The Kier molecular flexibility index (Phi) is 6.87. The molecule has 0 atom stereocenters. The molecule has 1 heterocycles. The second-order valence-electron chi connectivity index (χ2n) is 1.60. The Balaban J connectivity index is 0.000000810. The average molecular weight is 167 g/mol. The van der Waals surface area contributed by atoms with Crippen molar-refractivity contribution in [1.82, 2.24) is 0 Å². The normalized spacial score (nSPS) is 15.8. The molecule has 1 aliphatic heterocycles. The third-order valence-electron chi connectivity index (χ3n) is 0.882. The standard InChI is InChI=1S/C6H9NS2.Li.H/c1-2-4-8-6-7-3-5-9-6;;/h2H,1,3-5H2;;. The molecule has 0 aromatic rings. The number of hydrogen-bond acceptors (Lipinski definition) is 3. The van der Waals surface area contributed by atoms with Gasteiger partial charge >= 0.3 is 18.9 Å². The Morgan fingerprint density at radius 1 is 1.80 bits per heavy atom. The fraction of sp³-hybridized carbons (Fsp3) is 0.500. The van der Waals surface area contributed by atoms with Crippen LogP contribution in [0.15, 0.2) is 17.6 Å². The Hall–Kier alpha value is 0.707. The molecular formula is C6H10LiNS2. The van der Waals surface area contributed by atoms with Gasteiger partial charge in [0.15, 0.2) is 0 Å². The van der Waals surface area contributed by atoms with Crippen LogP contribution in [-0.4, -0.2) is 41.3 Å². The SMILES string of the molecule is C=CCSC1=NCCS1.[LiH]. The van der Waals surface area contributed by atoms with Gasteiger partial charge in [-0.2, -0.15) is 0 Å². The summed E-state index contributed by atoms with van der Waals surface area (Å²) in [6, 6.07) is 0. The molecule has 0 N–H and O–H groups in total. The third kappa shape index (κ3) is 3.77. The van der Waals surface area contributed by atoms with Crippen molar-refractivity contribution >= 4 is 46.8 Å². The second-order valence-corrected chi connectivity index (χ2v) is 3.95. The minimum absolute atomic E-state index is 0. The van der Waals surface area contributed by atoms with Crippen molar-refractivity contribution in [2.75, 3.05) is 18.1 Å². The predicted molar refractivity (Wildman–Crippen MR) is 54.6 cm³/mol. The molecule has 52 valence electrons. The van der Waals surface area contributed by atoms with E-state index in [0.717, 1.165) is 12.3 Å². The van der Waals surface area contributed by atoms with Gasteiger partial charge in [-0.05, 0) is 0 Å². The molecule has 0 saturated carbocycles. The van der Waals surface area contributed by atoms with Crippen LogP contribution in [0, 0.1) is 0 Å². The van der Waals surface area contributed by atoms with E-state index in [1.165, 1.54) is 10.1 Å². The van der Waals surface area contributed by atoms with Crippen LogP contribution in [-0.2, 0) is 0 Å². The molecule has 0 fully saturated rings. The molecule has 0 aromatic heterocycles. The van der Waals surface area contributed by atoms with E-state index in [-0.39, 0.29) is 18.9 Å². The molecule has 0 radical (unpaired) electrons. The van der Waals surface area contributed by atoms with Crippen molar-refractivity contribution in [2.24, 2.45) is 4.99 Å². The summed E-state index contributed by atoms with van der Waals surface area (Å²) < 4.78 is 1.23. The van der Waals surface area contributed by atoms with Gasteiger partial charge in [0.25, 0.3) is 0 Å². The number of nitrogens with zero attached hydrogens (tertiary/aromatic N) is 1. The number of aliphatic imine (C=N–C) groups is 1. The Morgan fingerprint density at radius 2 is 2.60 bits per heavy atom. The van der Waals surface area contributed by atoms with Gasteiger partial charge in [-0.15, -0.1) is 6.58 Å². The fourth-order valence-electron chi connectivity index (χ4n) is 0.533. The molecule has 1 nitrogen and oxygen atoms in total. The summed E-state index contributed by atoms with van der Waals surface area (Å²) in [5.41, 5.74) is 0. The van der Waals surface area contributed by atoms with Crippen molar-refractivity contribution in [3.63, 3.8) is 0 Å². The van der Waals surface area contributed by atoms with E-state index in [2.05, 4.69) is 11.6 Å². The molecule has 0 saturated heterocycles. The van der Waals surface area contributed by atoms with Crippen LogP contribution in [0.25, 0.3) is 0 Å². The van der Waals surface area contributed by atoms with Crippen molar-refractivity contribution in [3.8, 4) is 0 Å². The van der Waals surface area contributed by atoms with Crippen molar-refractivity contribution in [1.29, 1.82) is 0 Å². The van der Waals surface area contributed by atoms with E-state index in [1.807, 2.05) is 17.8 Å². The van der Waals surface area contributed by atoms with Crippen LogP contribution < -0.4 is 0 Å². The zero-order chi connectivity index (χ0) is 6.53. The zero-order valence-corrected chi connectivity index (χ0v) is 6.80. The van der Waals surface area contributed by atoms with Gasteiger partial charge in [0, 0.05) is 11.5 Å². The van der Waals surface area contributed by atoms with E-state index < -0.39 is 0 Å². The quantitative estimate of drug-likeness (QED) is 0.455. The molecule has 0 bridgehead atoms. The monoisotopic (exact) mass is 167 g/mol. The molecule has 10 heavy (non-hydrogen) atoms. The van der Waals surface area contributed by atoms with Gasteiger partial charge in [0.2, 0.25) is 0 Å². The predicted octanol–water partition coefficient (Wildman–Crippen LogP) is 1.36. The first-order valence-electron chi connectivity index (χ1n) is 2.84.